The van der Waals surface area contributed by atoms with E-state index in [4.69, 9.17) is 23.7 Å². The van der Waals surface area contributed by atoms with Crippen molar-refractivity contribution in [1.82, 2.24) is 0 Å². The van der Waals surface area contributed by atoms with Gasteiger partial charge in [-0.2, -0.15) is 0 Å². The van der Waals surface area contributed by atoms with Crippen molar-refractivity contribution < 1.29 is 74.7 Å². The molecule has 10 N–H and O–H groups in total. The minimum atomic E-state index is -1.88. The fourth-order valence-electron chi connectivity index (χ4n) is 3.88. The molecule has 3 saturated heterocycles. The summed E-state index contributed by atoms with van der Waals surface area (Å²) < 4.78 is 26.2. The summed E-state index contributed by atoms with van der Waals surface area (Å²) in [4.78, 5) is 0. The first-order chi connectivity index (χ1) is 15.5. The van der Waals surface area contributed by atoms with Gasteiger partial charge in [-0.05, 0) is 6.92 Å². The summed E-state index contributed by atoms with van der Waals surface area (Å²) in [6.07, 6.45) is -23.4. The summed E-state index contributed by atoms with van der Waals surface area (Å²) in [7, 11) is 0. The van der Waals surface area contributed by atoms with Crippen LogP contribution in [-0.4, -0.2) is 156 Å². The molecule has 0 radical (unpaired) electrons. The van der Waals surface area contributed by atoms with E-state index in [9.17, 15) is 51.1 Å². The summed E-state index contributed by atoms with van der Waals surface area (Å²) in [6.45, 7) is 0.203. The van der Waals surface area contributed by atoms with Crippen LogP contribution in [0, 0.1) is 0 Å². The van der Waals surface area contributed by atoms with Crippen molar-refractivity contribution in [3.8, 4) is 0 Å². The fraction of sp³-hybridized carbons (Fsp3) is 1.00. The molecule has 3 heterocycles. The number of hydrogen-bond acceptors (Lipinski definition) is 15. The van der Waals surface area contributed by atoms with Crippen molar-refractivity contribution in [2.24, 2.45) is 0 Å². The first kappa shape index (κ1) is 27.0. The van der Waals surface area contributed by atoms with E-state index in [1.54, 1.807) is 0 Å². The zero-order valence-corrected chi connectivity index (χ0v) is 17.6. The minimum absolute atomic E-state index is 0.515. The van der Waals surface area contributed by atoms with Crippen LogP contribution in [-0.2, 0) is 23.7 Å². The molecule has 0 aromatic carbocycles. The van der Waals surface area contributed by atoms with Crippen LogP contribution in [0.1, 0.15) is 6.92 Å². The van der Waals surface area contributed by atoms with E-state index < -0.39 is 105 Å². The van der Waals surface area contributed by atoms with Gasteiger partial charge in [0.15, 0.2) is 18.9 Å². The molecule has 0 saturated carbocycles. The standard InChI is InChI=1S/C18H32O15/c1-4-7(20)10(23)13(26)17(30-4)29-3-6-9(22)12(25)15(16(28)31-6)33-18-14(27)11(24)8(21)5(2-19)32-18/h4-28H,2-3H2,1H3/t4-,5+,6+,7-,8+,9+,10+,11-,12-,13+,14-,15+,16?,17+,18+/m0/s1. The normalized spacial score (nSPS) is 53.7. The van der Waals surface area contributed by atoms with E-state index in [0.717, 1.165) is 0 Å². The van der Waals surface area contributed by atoms with Gasteiger partial charge < -0.3 is 74.7 Å². The van der Waals surface area contributed by atoms with Gasteiger partial charge in [0.25, 0.3) is 0 Å². The monoisotopic (exact) mass is 488 g/mol. The number of ether oxygens (including phenoxy) is 5. The lowest BCUT2D eigenvalue weighted by Crippen LogP contribution is -2.64. The van der Waals surface area contributed by atoms with Crippen LogP contribution in [0.5, 0.6) is 0 Å². The van der Waals surface area contributed by atoms with Crippen molar-refractivity contribution in [3.63, 3.8) is 0 Å². The predicted molar refractivity (Wildman–Crippen MR) is 99.8 cm³/mol. The first-order valence-corrected chi connectivity index (χ1v) is 10.4. The van der Waals surface area contributed by atoms with Gasteiger partial charge in [-0.1, -0.05) is 0 Å². The second-order valence-corrected chi connectivity index (χ2v) is 8.36. The molecule has 0 aromatic rings. The SMILES string of the molecule is C[C@@H]1O[C@@H](OC[C@H]2OC(O)[C@H](O[C@H]3O[C@H](CO)[C@@H](O)[C@H](O)[C@@H]3O)[C@@H](O)[C@@H]2O)[C@H](O)[C@H](O)[C@H]1O. The highest BCUT2D eigenvalue weighted by Gasteiger charge is 2.51. The Morgan fingerprint density at radius 1 is 0.606 bits per heavy atom. The second-order valence-electron chi connectivity index (χ2n) is 8.36. The zero-order valence-electron chi connectivity index (χ0n) is 17.6. The molecule has 15 atom stereocenters. The van der Waals surface area contributed by atoms with Crippen LogP contribution in [0.4, 0.5) is 0 Å². The Morgan fingerprint density at radius 3 is 1.82 bits per heavy atom. The second kappa shape index (κ2) is 11.0. The molecule has 3 fully saturated rings. The molecular weight excluding hydrogens is 456 g/mol. The van der Waals surface area contributed by atoms with Crippen LogP contribution in [0.25, 0.3) is 0 Å². The third-order valence-electron chi connectivity index (χ3n) is 6.04. The summed E-state index contributed by atoms with van der Waals surface area (Å²) in [5.41, 5.74) is 0. The van der Waals surface area contributed by atoms with Gasteiger partial charge in [-0.3, -0.25) is 0 Å². The molecule has 0 spiro atoms. The molecule has 194 valence electrons. The summed E-state index contributed by atoms with van der Waals surface area (Å²) >= 11 is 0. The lowest BCUT2D eigenvalue weighted by Gasteiger charge is -2.45. The molecule has 0 amide bonds. The fourth-order valence-corrected chi connectivity index (χ4v) is 3.88. The van der Waals surface area contributed by atoms with Crippen LogP contribution < -0.4 is 0 Å². The number of aliphatic hydroxyl groups excluding tert-OH is 10. The van der Waals surface area contributed by atoms with Crippen LogP contribution >= 0.6 is 0 Å². The highest BCUT2D eigenvalue weighted by molar-refractivity contribution is 4.94. The average molecular weight is 488 g/mol. The van der Waals surface area contributed by atoms with Crippen LogP contribution in [0.2, 0.25) is 0 Å². The minimum Gasteiger partial charge on any atom is -0.394 e. The van der Waals surface area contributed by atoms with Crippen molar-refractivity contribution in [1.29, 1.82) is 0 Å². The van der Waals surface area contributed by atoms with E-state index in [0.29, 0.717) is 0 Å². The van der Waals surface area contributed by atoms with Crippen molar-refractivity contribution in [3.05, 3.63) is 0 Å². The Balaban J connectivity index is 1.59. The maximum atomic E-state index is 10.4. The number of rotatable bonds is 6. The van der Waals surface area contributed by atoms with Gasteiger partial charge in [0, 0.05) is 0 Å². The number of aliphatic hydroxyl groups is 10. The van der Waals surface area contributed by atoms with Crippen molar-refractivity contribution in [2.45, 2.75) is 99.0 Å². The largest absolute Gasteiger partial charge is 0.394 e. The van der Waals surface area contributed by atoms with E-state index in [1.807, 2.05) is 0 Å². The van der Waals surface area contributed by atoms with E-state index in [1.165, 1.54) is 6.92 Å². The summed E-state index contributed by atoms with van der Waals surface area (Å²) in [5.74, 6) is 0. The molecule has 0 aliphatic carbocycles. The molecular formula is C18H32O15. The summed E-state index contributed by atoms with van der Waals surface area (Å²) in [5, 5.41) is 99.5. The molecule has 33 heavy (non-hydrogen) atoms. The molecule has 0 bridgehead atoms. The molecule has 3 rings (SSSR count). The predicted octanol–water partition coefficient (Wildman–Crippen LogP) is -6.55. The number of hydrogen-bond donors (Lipinski definition) is 10. The van der Waals surface area contributed by atoms with Gasteiger partial charge >= 0.3 is 0 Å². The van der Waals surface area contributed by atoms with Crippen molar-refractivity contribution in [2.75, 3.05) is 13.2 Å². The molecule has 15 heteroatoms. The van der Waals surface area contributed by atoms with Gasteiger partial charge in [-0.15, -0.1) is 0 Å². The highest BCUT2D eigenvalue weighted by atomic mass is 16.7. The first-order valence-electron chi connectivity index (χ1n) is 10.4. The lowest BCUT2D eigenvalue weighted by molar-refractivity contribution is -0.366. The van der Waals surface area contributed by atoms with E-state index in [2.05, 4.69) is 0 Å². The molecule has 3 aliphatic rings. The van der Waals surface area contributed by atoms with Crippen molar-refractivity contribution >= 4 is 0 Å². The van der Waals surface area contributed by atoms with E-state index >= 15 is 0 Å². The third kappa shape index (κ3) is 5.48. The third-order valence-corrected chi connectivity index (χ3v) is 6.04. The Hall–Kier alpha value is -0.600. The van der Waals surface area contributed by atoms with Crippen LogP contribution in [0.3, 0.4) is 0 Å². The maximum absolute atomic E-state index is 10.4. The Bertz CT molecular complexity index is 624. The van der Waals surface area contributed by atoms with Gasteiger partial charge in [0.1, 0.15) is 67.1 Å². The highest BCUT2D eigenvalue weighted by Crippen LogP contribution is 2.29. The lowest BCUT2D eigenvalue weighted by atomic mass is 9.97. The van der Waals surface area contributed by atoms with E-state index in [-0.39, 0.29) is 0 Å². The van der Waals surface area contributed by atoms with Gasteiger partial charge in [-0.25, -0.2) is 0 Å². The molecule has 0 aromatic heterocycles. The van der Waals surface area contributed by atoms with Gasteiger partial charge in [0.2, 0.25) is 0 Å². The Morgan fingerprint density at radius 2 is 1.18 bits per heavy atom. The summed E-state index contributed by atoms with van der Waals surface area (Å²) in [6, 6.07) is 0. The zero-order chi connectivity index (χ0) is 24.6. The maximum Gasteiger partial charge on any atom is 0.187 e. The van der Waals surface area contributed by atoms with Gasteiger partial charge in [0.05, 0.1) is 19.3 Å². The topological polar surface area (TPSA) is 248 Å². The molecule has 1 unspecified atom stereocenters. The average Bonchev–Trinajstić information content (AvgIpc) is 2.79. The molecule has 15 nitrogen and oxygen atoms in total. The van der Waals surface area contributed by atoms with Crippen LogP contribution in [0.15, 0.2) is 0 Å². The Kier molecular flexibility index (Phi) is 8.99. The molecule has 3 aliphatic heterocycles. The quantitative estimate of drug-likeness (QED) is 0.167. The smallest absolute Gasteiger partial charge is 0.187 e. The Labute approximate surface area is 187 Å².